The van der Waals surface area contributed by atoms with Crippen molar-refractivity contribution in [2.24, 2.45) is 0 Å². The summed E-state index contributed by atoms with van der Waals surface area (Å²) in [6.45, 7) is 2.38. The third kappa shape index (κ3) is 7.49. The van der Waals surface area contributed by atoms with E-state index < -0.39 is 30.7 Å². The summed E-state index contributed by atoms with van der Waals surface area (Å²) in [5.74, 6) is -0.518. The summed E-state index contributed by atoms with van der Waals surface area (Å²) in [6.07, 6.45) is -4.39. The standard InChI is InChI=1S/C19H20F3N3O5/c1-3-28-14-5-7-15(8-6-14)30-12(2)17(26)24-25-18(27)13-4-9-16(23-10-13)29-11-19(20,21)22/h4-10,12H,3,11H2,1-2H3,(H,24,26)(H,25,27). The van der Waals surface area contributed by atoms with Gasteiger partial charge < -0.3 is 14.2 Å². The second kappa shape index (κ2) is 10.3. The van der Waals surface area contributed by atoms with Gasteiger partial charge in [0.2, 0.25) is 5.88 Å². The van der Waals surface area contributed by atoms with Crippen molar-refractivity contribution in [3.63, 3.8) is 0 Å². The highest BCUT2D eigenvalue weighted by atomic mass is 19.4. The van der Waals surface area contributed by atoms with E-state index in [1.165, 1.54) is 13.0 Å². The van der Waals surface area contributed by atoms with Crippen molar-refractivity contribution in [1.29, 1.82) is 0 Å². The normalized spacial score (nSPS) is 11.9. The first-order chi connectivity index (χ1) is 14.2. The SMILES string of the molecule is CCOc1ccc(OC(C)C(=O)NNC(=O)c2ccc(OCC(F)(F)F)nc2)cc1. The molecule has 1 heterocycles. The molecule has 0 radical (unpaired) electrons. The highest BCUT2D eigenvalue weighted by Crippen LogP contribution is 2.19. The number of alkyl halides is 3. The zero-order valence-corrected chi connectivity index (χ0v) is 16.2. The third-order valence-electron chi connectivity index (χ3n) is 3.50. The Bertz CT molecular complexity index is 842. The minimum atomic E-state index is -4.49. The molecular formula is C19H20F3N3O5. The molecule has 1 atom stereocenters. The monoisotopic (exact) mass is 427 g/mol. The molecule has 1 aromatic heterocycles. The lowest BCUT2D eigenvalue weighted by atomic mass is 10.3. The van der Waals surface area contributed by atoms with Gasteiger partial charge in [0, 0.05) is 12.3 Å². The molecule has 2 amide bonds. The van der Waals surface area contributed by atoms with Crippen LogP contribution in [0.2, 0.25) is 0 Å². The van der Waals surface area contributed by atoms with Crippen LogP contribution in [0.5, 0.6) is 17.4 Å². The first kappa shape index (κ1) is 22.8. The van der Waals surface area contributed by atoms with Gasteiger partial charge in [0.25, 0.3) is 11.8 Å². The first-order valence-electron chi connectivity index (χ1n) is 8.83. The van der Waals surface area contributed by atoms with Crippen molar-refractivity contribution in [3.05, 3.63) is 48.2 Å². The van der Waals surface area contributed by atoms with Crippen LogP contribution >= 0.6 is 0 Å². The number of ether oxygens (including phenoxy) is 3. The van der Waals surface area contributed by atoms with Crippen molar-refractivity contribution < 1.29 is 37.0 Å². The molecule has 0 aliphatic rings. The van der Waals surface area contributed by atoms with Crippen LogP contribution in [-0.4, -0.2) is 42.3 Å². The average Bonchev–Trinajstić information content (AvgIpc) is 2.71. The second-order valence-electron chi connectivity index (χ2n) is 5.90. The van der Waals surface area contributed by atoms with Crippen molar-refractivity contribution in [1.82, 2.24) is 15.8 Å². The van der Waals surface area contributed by atoms with E-state index in [1.807, 2.05) is 6.92 Å². The fourth-order valence-electron chi connectivity index (χ4n) is 2.09. The van der Waals surface area contributed by atoms with Gasteiger partial charge in [-0.3, -0.25) is 20.4 Å². The molecule has 0 saturated carbocycles. The number of carbonyl (C=O) groups is 2. The van der Waals surface area contributed by atoms with Crippen molar-refractivity contribution >= 4 is 11.8 Å². The molecule has 162 valence electrons. The maximum Gasteiger partial charge on any atom is 0.422 e. The Hall–Kier alpha value is -3.50. The molecule has 0 fully saturated rings. The highest BCUT2D eigenvalue weighted by Gasteiger charge is 2.28. The molecule has 1 unspecified atom stereocenters. The Morgan fingerprint density at radius 2 is 1.70 bits per heavy atom. The van der Waals surface area contributed by atoms with E-state index in [1.54, 1.807) is 24.3 Å². The molecule has 2 rings (SSSR count). The number of carbonyl (C=O) groups excluding carboxylic acids is 2. The topological polar surface area (TPSA) is 98.8 Å². The Kier molecular flexibility index (Phi) is 7.84. The Morgan fingerprint density at radius 1 is 1.03 bits per heavy atom. The number of hydrogen-bond acceptors (Lipinski definition) is 6. The number of nitrogens with zero attached hydrogens (tertiary/aromatic N) is 1. The molecule has 0 aliphatic carbocycles. The summed E-state index contributed by atoms with van der Waals surface area (Å²) in [6, 6.07) is 8.99. The Labute approximate surface area is 170 Å². The number of pyridine rings is 1. The Balaban J connectivity index is 1.80. The van der Waals surface area contributed by atoms with Crippen LogP contribution in [0.1, 0.15) is 24.2 Å². The number of rotatable bonds is 8. The van der Waals surface area contributed by atoms with Gasteiger partial charge in [-0.25, -0.2) is 4.98 Å². The van der Waals surface area contributed by atoms with E-state index in [0.717, 1.165) is 12.3 Å². The summed E-state index contributed by atoms with van der Waals surface area (Å²) in [5, 5.41) is 0. The number of aromatic nitrogens is 1. The lowest BCUT2D eigenvalue weighted by Gasteiger charge is -2.15. The largest absolute Gasteiger partial charge is 0.494 e. The predicted octanol–water partition coefficient (Wildman–Crippen LogP) is 2.65. The second-order valence-corrected chi connectivity index (χ2v) is 5.90. The fourth-order valence-corrected chi connectivity index (χ4v) is 2.09. The van der Waals surface area contributed by atoms with Gasteiger partial charge in [0.15, 0.2) is 12.7 Å². The van der Waals surface area contributed by atoms with Gasteiger partial charge in [0.05, 0.1) is 12.2 Å². The van der Waals surface area contributed by atoms with E-state index in [4.69, 9.17) is 9.47 Å². The van der Waals surface area contributed by atoms with Gasteiger partial charge in [-0.2, -0.15) is 13.2 Å². The number of benzene rings is 1. The summed E-state index contributed by atoms with van der Waals surface area (Å²) in [5.41, 5.74) is 4.37. The molecule has 0 saturated heterocycles. The van der Waals surface area contributed by atoms with Crippen LogP contribution in [0.15, 0.2) is 42.6 Å². The van der Waals surface area contributed by atoms with Crippen LogP contribution in [-0.2, 0) is 4.79 Å². The zero-order valence-electron chi connectivity index (χ0n) is 16.2. The molecule has 30 heavy (non-hydrogen) atoms. The smallest absolute Gasteiger partial charge is 0.422 e. The predicted molar refractivity (Wildman–Crippen MR) is 99.1 cm³/mol. The van der Waals surface area contributed by atoms with E-state index >= 15 is 0 Å². The van der Waals surface area contributed by atoms with E-state index in [9.17, 15) is 22.8 Å². The maximum atomic E-state index is 12.1. The molecule has 0 bridgehead atoms. The van der Waals surface area contributed by atoms with E-state index in [0.29, 0.717) is 18.1 Å². The summed E-state index contributed by atoms with van der Waals surface area (Å²) in [4.78, 5) is 27.7. The van der Waals surface area contributed by atoms with E-state index in [-0.39, 0.29) is 11.4 Å². The molecule has 1 aromatic carbocycles. The zero-order chi connectivity index (χ0) is 22.1. The quantitative estimate of drug-likeness (QED) is 0.629. The van der Waals surface area contributed by atoms with Crippen LogP contribution in [0.4, 0.5) is 13.2 Å². The molecule has 0 spiro atoms. The van der Waals surface area contributed by atoms with Crippen LogP contribution in [0.3, 0.4) is 0 Å². The maximum absolute atomic E-state index is 12.1. The summed E-state index contributed by atoms with van der Waals surface area (Å²) < 4.78 is 51.5. The minimum Gasteiger partial charge on any atom is -0.494 e. The minimum absolute atomic E-state index is 0.00902. The van der Waals surface area contributed by atoms with Gasteiger partial charge >= 0.3 is 6.18 Å². The number of halogens is 3. The molecule has 2 aromatic rings. The highest BCUT2D eigenvalue weighted by molar-refractivity contribution is 5.95. The van der Waals surface area contributed by atoms with Crippen molar-refractivity contribution in [3.8, 4) is 17.4 Å². The van der Waals surface area contributed by atoms with Crippen molar-refractivity contribution in [2.45, 2.75) is 26.1 Å². The van der Waals surface area contributed by atoms with Gasteiger partial charge in [-0.15, -0.1) is 0 Å². The average molecular weight is 427 g/mol. The fraction of sp³-hybridized carbons (Fsp3) is 0.316. The number of amides is 2. The molecule has 11 heteroatoms. The first-order valence-corrected chi connectivity index (χ1v) is 8.83. The molecule has 2 N–H and O–H groups in total. The Morgan fingerprint density at radius 3 is 2.27 bits per heavy atom. The lowest BCUT2D eigenvalue weighted by molar-refractivity contribution is -0.154. The third-order valence-corrected chi connectivity index (χ3v) is 3.50. The number of hydrazine groups is 1. The molecule has 0 aliphatic heterocycles. The molecular weight excluding hydrogens is 407 g/mol. The van der Waals surface area contributed by atoms with Gasteiger partial charge in [0.1, 0.15) is 11.5 Å². The summed E-state index contributed by atoms with van der Waals surface area (Å²) in [7, 11) is 0. The van der Waals surface area contributed by atoms with Gasteiger partial charge in [-0.05, 0) is 44.2 Å². The van der Waals surface area contributed by atoms with E-state index in [2.05, 4.69) is 20.6 Å². The summed E-state index contributed by atoms with van der Waals surface area (Å²) >= 11 is 0. The number of hydrogen-bond donors (Lipinski definition) is 2. The number of nitrogens with one attached hydrogen (secondary N) is 2. The van der Waals surface area contributed by atoms with Gasteiger partial charge in [-0.1, -0.05) is 0 Å². The van der Waals surface area contributed by atoms with Crippen LogP contribution < -0.4 is 25.1 Å². The van der Waals surface area contributed by atoms with Crippen LogP contribution in [0.25, 0.3) is 0 Å². The van der Waals surface area contributed by atoms with Crippen molar-refractivity contribution in [2.75, 3.05) is 13.2 Å². The van der Waals surface area contributed by atoms with Crippen LogP contribution in [0, 0.1) is 0 Å². The lowest BCUT2D eigenvalue weighted by Crippen LogP contribution is -2.47. The molecule has 8 nitrogen and oxygen atoms in total.